The third kappa shape index (κ3) is 2.38. The van der Waals surface area contributed by atoms with Crippen LogP contribution in [0.5, 0.6) is 5.88 Å². The molecule has 0 aliphatic heterocycles. The molecule has 0 fully saturated rings. The Balaban J connectivity index is 2.65. The quantitative estimate of drug-likeness (QED) is 0.791. The number of methoxy groups -OCH3 is 1. The van der Waals surface area contributed by atoms with Crippen molar-refractivity contribution >= 4 is 17.0 Å². The van der Waals surface area contributed by atoms with E-state index < -0.39 is 5.97 Å². The highest BCUT2D eigenvalue weighted by Gasteiger charge is 2.18. The highest BCUT2D eigenvalue weighted by atomic mass is 16.5. The molecule has 2 aromatic rings. The molecule has 0 radical (unpaired) electrons. The largest absolute Gasteiger partial charge is 0.481 e. The minimum absolute atomic E-state index is 0.146. The second kappa shape index (κ2) is 5.26. The molecular weight excluding hydrogens is 246 g/mol. The van der Waals surface area contributed by atoms with Gasteiger partial charge < -0.3 is 9.47 Å². The Morgan fingerprint density at radius 1 is 1.47 bits per heavy atom. The molecular formula is C13H17N3O3. The van der Waals surface area contributed by atoms with Crippen LogP contribution in [-0.4, -0.2) is 34.5 Å². The number of nitrogens with zero attached hydrogens (tertiary/aromatic N) is 3. The number of pyridine rings is 1. The topological polar surface area (TPSA) is 66.2 Å². The molecule has 0 N–H and O–H groups in total. The maximum atomic E-state index is 12.0. The molecule has 6 nitrogen and oxygen atoms in total. The van der Waals surface area contributed by atoms with Gasteiger partial charge in [-0.2, -0.15) is 10.1 Å². The molecule has 102 valence electrons. The molecule has 2 heterocycles. The van der Waals surface area contributed by atoms with Crippen molar-refractivity contribution in [2.75, 3.05) is 13.7 Å². The summed E-state index contributed by atoms with van der Waals surface area (Å²) in [7, 11) is 1.51. The van der Waals surface area contributed by atoms with Crippen LogP contribution in [0.3, 0.4) is 0 Å². The summed E-state index contributed by atoms with van der Waals surface area (Å²) in [5.74, 6) is -0.0190. The van der Waals surface area contributed by atoms with Crippen LogP contribution < -0.4 is 4.74 Å². The van der Waals surface area contributed by atoms with Crippen molar-refractivity contribution in [1.29, 1.82) is 0 Å². The van der Waals surface area contributed by atoms with E-state index in [-0.39, 0.29) is 6.04 Å². The SMILES string of the molecule is CCOC(=O)c1cc(OC)nc2c1cnn2C(C)C. The maximum absolute atomic E-state index is 12.0. The summed E-state index contributed by atoms with van der Waals surface area (Å²) in [6, 6.07) is 1.72. The molecule has 0 aliphatic rings. The lowest BCUT2D eigenvalue weighted by molar-refractivity contribution is 0.0528. The number of hydrogen-bond acceptors (Lipinski definition) is 5. The van der Waals surface area contributed by atoms with Gasteiger partial charge in [-0.25, -0.2) is 9.48 Å². The van der Waals surface area contributed by atoms with Crippen LogP contribution in [-0.2, 0) is 4.74 Å². The van der Waals surface area contributed by atoms with Crippen LogP contribution in [0.1, 0.15) is 37.2 Å². The van der Waals surface area contributed by atoms with Crippen molar-refractivity contribution in [1.82, 2.24) is 14.8 Å². The zero-order valence-corrected chi connectivity index (χ0v) is 11.5. The van der Waals surface area contributed by atoms with Gasteiger partial charge in [0.15, 0.2) is 5.65 Å². The van der Waals surface area contributed by atoms with Crippen LogP contribution in [0.2, 0.25) is 0 Å². The Kier molecular flexibility index (Phi) is 3.69. The molecule has 0 atom stereocenters. The molecule has 0 aromatic carbocycles. The van der Waals surface area contributed by atoms with Gasteiger partial charge in [-0.05, 0) is 20.8 Å². The molecule has 2 rings (SSSR count). The van der Waals surface area contributed by atoms with Crippen molar-refractivity contribution in [3.8, 4) is 5.88 Å². The zero-order chi connectivity index (χ0) is 14.0. The minimum atomic E-state index is -0.392. The lowest BCUT2D eigenvalue weighted by Crippen LogP contribution is -2.08. The van der Waals surface area contributed by atoms with Crippen molar-refractivity contribution in [3.05, 3.63) is 17.8 Å². The van der Waals surface area contributed by atoms with Crippen molar-refractivity contribution < 1.29 is 14.3 Å². The summed E-state index contributed by atoms with van der Waals surface area (Å²) in [6.07, 6.45) is 1.63. The monoisotopic (exact) mass is 263 g/mol. The lowest BCUT2D eigenvalue weighted by atomic mass is 10.2. The van der Waals surface area contributed by atoms with Crippen molar-refractivity contribution in [3.63, 3.8) is 0 Å². The van der Waals surface area contributed by atoms with Crippen LogP contribution in [0, 0.1) is 0 Å². The first-order chi connectivity index (χ1) is 9.08. The van der Waals surface area contributed by atoms with E-state index in [1.807, 2.05) is 13.8 Å². The minimum Gasteiger partial charge on any atom is -0.481 e. The molecule has 0 saturated carbocycles. The van der Waals surface area contributed by atoms with Gasteiger partial charge >= 0.3 is 5.97 Å². The van der Waals surface area contributed by atoms with Gasteiger partial charge in [0.2, 0.25) is 5.88 Å². The van der Waals surface area contributed by atoms with E-state index >= 15 is 0 Å². The highest BCUT2D eigenvalue weighted by molar-refractivity contribution is 6.02. The van der Waals surface area contributed by atoms with E-state index in [4.69, 9.17) is 9.47 Å². The Bertz CT molecular complexity index is 604. The Hall–Kier alpha value is -2.11. The van der Waals surface area contributed by atoms with Crippen molar-refractivity contribution in [2.45, 2.75) is 26.8 Å². The Morgan fingerprint density at radius 2 is 2.21 bits per heavy atom. The first-order valence-corrected chi connectivity index (χ1v) is 6.17. The van der Waals surface area contributed by atoms with E-state index in [0.717, 1.165) is 0 Å². The first kappa shape index (κ1) is 13.3. The summed E-state index contributed by atoms with van der Waals surface area (Å²) in [4.78, 5) is 16.3. The van der Waals surface area contributed by atoms with E-state index in [1.165, 1.54) is 7.11 Å². The Labute approximate surface area is 111 Å². The highest BCUT2D eigenvalue weighted by Crippen LogP contribution is 2.24. The van der Waals surface area contributed by atoms with Gasteiger partial charge in [-0.15, -0.1) is 0 Å². The predicted molar refractivity (Wildman–Crippen MR) is 70.4 cm³/mol. The summed E-state index contributed by atoms with van der Waals surface area (Å²) in [6.45, 7) is 6.09. The fourth-order valence-electron chi connectivity index (χ4n) is 1.86. The number of ether oxygens (including phenoxy) is 2. The fourth-order valence-corrected chi connectivity index (χ4v) is 1.86. The molecule has 19 heavy (non-hydrogen) atoms. The molecule has 6 heteroatoms. The number of esters is 1. The predicted octanol–water partition coefficient (Wildman–Crippen LogP) is 2.20. The normalized spacial score (nSPS) is 11.0. The molecule has 0 unspecified atom stereocenters. The van der Waals surface area contributed by atoms with Gasteiger partial charge in [0, 0.05) is 12.1 Å². The summed E-state index contributed by atoms with van der Waals surface area (Å²) in [5, 5.41) is 4.94. The maximum Gasteiger partial charge on any atom is 0.339 e. The van der Waals surface area contributed by atoms with Gasteiger partial charge in [-0.1, -0.05) is 0 Å². The molecule has 0 saturated heterocycles. The van der Waals surface area contributed by atoms with Gasteiger partial charge in [0.25, 0.3) is 0 Å². The number of fused-ring (bicyclic) bond motifs is 1. The molecule has 0 amide bonds. The van der Waals surface area contributed by atoms with E-state index in [9.17, 15) is 4.79 Å². The number of aromatic nitrogens is 3. The van der Waals surface area contributed by atoms with Crippen molar-refractivity contribution in [2.24, 2.45) is 0 Å². The van der Waals surface area contributed by atoms with E-state index in [1.54, 1.807) is 23.9 Å². The summed E-state index contributed by atoms with van der Waals surface area (Å²) < 4.78 is 11.9. The molecule has 0 aliphatic carbocycles. The average molecular weight is 263 g/mol. The van der Waals surface area contributed by atoms with Crippen LogP contribution in [0.15, 0.2) is 12.3 Å². The first-order valence-electron chi connectivity index (χ1n) is 6.17. The second-order valence-electron chi connectivity index (χ2n) is 4.35. The van der Waals surface area contributed by atoms with Gasteiger partial charge in [0.05, 0.1) is 30.9 Å². The number of rotatable bonds is 4. The second-order valence-corrected chi connectivity index (χ2v) is 4.35. The van der Waals surface area contributed by atoms with E-state index in [0.29, 0.717) is 29.1 Å². The third-order valence-electron chi connectivity index (χ3n) is 2.74. The molecule has 0 bridgehead atoms. The van der Waals surface area contributed by atoms with Crippen LogP contribution in [0.4, 0.5) is 0 Å². The zero-order valence-electron chi connectivity index (χ0n) is 11.5. The third-order valence-corrected chi connectivity index (χ3v) is 2.74. The van der Waals surface area contributed by atoms with E-state index in [2.05, 4.69) is 10.1 Å². The standard InChI is InChI=1S/C13H17N3O3/c1-5-19-13(17)9-6-11(18-4)15-12-10(9)7-14-16(12)8(2)3/h6-8H,5H2,1-4H3. The smallest absolute Gasteiger partial charge is 0.339 e. The van der Waals surface area contributed by atoms with Crippen LogP contribution >= 0.6 is 0 Å². The number of hydrogen-bond donors (Lipinski definition) is 0. The lowest BCUT2D eigenvalue weighted by Gasteiger charge is -2.09. The average Bonchev–Trinajstić information content (AvgIpc) is 2.81. The Morgan fingerprint density at radius 3 is 2.79 bits per heavy atom. The fraction of sp³-hybridized carbons (Fsp3) is 0.462. The number of carbonyl (C=O) groups is 1. The summed E-state index contributed by atoms with van der Waals surface area (Å²) >= 11 is 0. The molecule has 0 spiro atoms. The summed E-state index contributed by atoms with van der Waals surface area (Å²) in [5.41, 5.74) is 1.05. The van der Waals surface area contributed by atoms with Crippen LogP contribution in [0.25, 0.3) is 11.0 Å². The van der Waals surface area contributed by atoms with Gasteiger partial charge in [-0.3, -0.25) is 0 Å². The van der Waals surface area contributed by atoms with Gasteiger partial charge in [0.1, 0.15) is 0 Å². The molecule has 2 aromatic heterocycles. The number of carbonyl (C=O) groups excluding carboxylic acids is 1.